The van der Waals surface area contributed by atoms with E-state index in [1.165, 1.54) is 6.07 Å². The molecule has 0 aliphatic carbocycles. The number of hydrogen-bond acceptors (Lipinski definition) is 1. The molecule has 16 heavy (non-hydrogen) atoms. The molecule has 0 radical (unpaired) electrons. The summed E-state index contributed by atoms with van der Waals surface area (Å²) in [6.45, 7) is 10.2. The SMILES string of the molecule is CC(C)Oc1cccc(F)c1CC(C)(C)C. The monoisotopic (exact) mass is 224 g/mol. The van der Waals surface area contributed by atoms with E-state index < -0.39 is 0 Å². The molecule has 0 bridgehead atoms. The Morgan fingerprint density at radius 2 is 1.88 bits per heavy atom. The van der Waals surface area contributed by atoms with E-state index in [1.54, 1.807) is 6.07 Å². The highest BCUT2D eigenvalue weighted by atomic mass is 19.1. The fraction of sp³-hybridized carbons (Fsp3) is 0.571. The fourth-order valence-corrected chi connectivity index (χ4v) is 1.61. The first kappa shape index (κ1) is 13.0. The Hall–Kier alpha value is -1.05. The quantitative estimate of drug-likeness (QED) is 0.747. The van der Waals surface area contributed by atoms with Gasteiger partial charge in [0.25, 0.3) is 0 Å². The van der Waals surface area contributed by atoms with E-state index in [4.69, 9.17) is 4.74 Å². The second-order valence-electron chi connectivity index (χ2n) is 5.62. The smallest absolute Gasteiger partial charge is 0.130 e. The van der Waals surface area contributed by atoms with E-state index in [9.17, 15) is 4.39 Å². The largest absolute Gasteiger partial charge is 0.491 e. The zero-order chi connectivity index (χ0) is 12.3. The molecule has 0 aliphatic heterocycles. The minimum atomic E-state index is -0.173. The zero-order valence-electron chi connectivity index (χ0n) is 10.8. The van der Waals surface area contributed by atoms with Crippen LogP contribution in [-0.4, -0.2) is 6.10 Å². The number of hydrogen-bond donors (Lipinski definition) is 0. The molecule has 0 heterocycles. The van der Waals surface area contributed by atoms with Gasteiger partial charge in [-0.25, -0.2) is 4.39 Å². The average molecular weight is 224 g/mol. The molecule has 1 nitrogen and oxygen atoms in total. The molecule has 0 spiro atoms. The summed E-state index contributed by atoms with van der Waals surface area (Å²) < 4.78 is 19.4. The van der Waals surface area contributed by atoms with Crippen molar-refractivity contribution in [2.75, 3.05) is 0 Å². The lowest BCUT2D eigenvalue weighted by Crippen LogP contribution is -2.14. The molecule has 0 fully saturated rings. The summed E-state index contributed by atoms with van der Waals surface area (Å²) in [6, 6.07) is 5.03. The van der Waals surface area contributed by atoms with Gasteiger partial charge in [0.2, 0.25) is 0 Å². The van der Waals surface area contributed by atoms with Gasteiger partial charge in [0.15, 0.2) is 0 Å². The Bertz CT molecular complexity index is 350. The molecule has 0 saturated heterocycles. The van der Waals surface area contributed by atoms with Crippen molar-refractivity contribution in [3.8, 4) is 5.75 Å². The van der Waals surface area contributed by atoms with E-state index in [1.807, 2.05) is 19.9 Å². The number of rotatable bonds is 3. The van der Waals surface area contributed by atoms with Gasteiger partial charge in [-0.05, 0) is 37.8 Å². The maximum absolute atomic E-state index is 13.8. The summed E-state index contributed by atoms with van der Waals surface area (Å²) in [4.78, 5) is 0. The maximum Gasteiger partial charge on any atom is 0.130 e. The van der Waals surface area contributed by atoms with Crippen molar-refractivity contribution in [3.63, 3.8) is 0 Å². The van der Waals surface area contributed by atoms with Crippen molar-refractivity contribution in [2.24, 2.45) is 5.41 Å². The highest BCUT2D eigenvalue weighted by molar-refractivity contribution is 5.35. The number of halogens is 1. The highest BCUT2D eigenvalue weighted by Gasteiger charge is 2.18. The minimum absolute atomic E-state index is 0.0529. The van der Waals surface area contributed by atoms with Gasteiger partial charge in [-0.3, -0.25) is 0 Å². The van der Waals surface area contributed by atoms with Crippen LogP contribution in [0.3, 0.4) is 0 Å². The molecular weight excluding hydrogens is 203 g/mol. The molecule has 2 heteroatoms. The van der Waals surface area contributed by atoms with E-state index in [-0.39, 0.29) is 17.3 Å². The summed E-state index contributed by atoms with van der Waals surface area (Å²) in [5, 5.41) is 0. The minimum Gasteiger partial charge on any atom is -0.491 e. The third kappa shape index (κ3) is 3.84. The molecule has 90 valence electrons. The maximum atomic E-state index is 13.8. The molecule has 0 N–H and O–H groups in total. The second-order valence-corrected chi connectivity index (χ2v) is 5.62. The lowest BCUT2D eigenvalue weighted by Gasteiger charge is -2.22. The van der Waals surface area contributed by atoms with Crippen LogP contribution in [0.15, 0.2) is 18.2 Å². The predicted octanol–water partition coefficient (Wildman–Crippen LogP) is 4.20. The third-order valence-corrected chi connectivity index (χ3v) is 2.15. The van der Waals surface area contributed by atoms with Gasteiger partial charge >= 0.3 is 0 Å². The van der Waals surface area contributed by atoms with Crippen LogP contribution in [0.5, 0.6) is 5.75 Å². The predicted molar refractivity (Wildman–Crippen MR) is 65.3 cm³/mol. The standard InChI is InChI=1S/C14H21FO/c1-10(2)16-13-8-6-7-12(15)11(13)9-14(3,4)5/h6-8,10H,9H2,1-5H3. The zero-order valence-corrected chi connectivity index (χ0v) is 10.8. The summed E-state index contributed by atoms with van der Waals surface area (Å²) in [5.74, 6) is 0.498. The Morgan fingerprint density at radius 3 is 2.38 bits per heavy atom. The molecule has 0 saturated carbocycles. The number of ether oxygens (including phenoxy) is 1. The van der Waals surface area contributed by atoms with Crippen LogP contribution < -0.4 is 4.74 Å². The summed E-state index contributed by atoms with van der Waals surface area (Å²) in [6.07, 6.45) is 0.752. The molecule has 1 rings (SSSR count). The van der Waals surface area contributed by atoms with Crippen LogP contribution in [-0.2, 0) is 6.42 Å². The van der Waals surface area contributed by atoms with Crippen LogP contribution >= 0.6 is 0 Å². The summed E-state index contributed by atoms with van der Waals surface area (Å²) >= 11 is 0. The van der Waals surface area contributed by atoms with Crippen molar-refractivity contribution < 1.29 is 9.13 Å². The van der Waals surface area contributed by atoms with Crippen LogP contribution in [0.2, 0.25) is 0 Å². The van der Waals surface area contributed by atoms with Crippen molar-refractivity contribution in [3.05, 3.63) is 29.6 Å². The van der Waals surface area contributed by atoms with Crippen LogP contribution in [0.25, 0.3) is 0 Å². The molecule has 1 aromatic rings. The summed E-state index contributed by atoms with van der Waals surface area (Å²) in [5.41, 5.74) is 0.737. The Balaban J connectivity index is 3.03. The highest BCUT2D eigenvalue weighted by Crippen LogP contribution is 2.30. The van der Waals surface area contributed by atoms with Gasteiger partial charge in [0.05, 0.1) is 6.10 Å². The van der Waals surface area contributed by atoms with Crippen molar-refractivity contribution in [2.45, 2.75) is 47.1 Å². The second kappa shape index (κ2) is 4.86. The van der Waals surface area contributed by atoms with Crippen molar-refractivity contribution in [1.82, 2.24) is 0 Å². The molecule has 1 aromatic carbocycles. The van der Waals surface area contributed by atoms with Gasteiger partial charge in [0, 0.05) is 5.56 Å². The van der Waals surface area contributed by atoms with Crippen molar-refractivity contribution in [1.29, 1.82) is 0 Å². The molecule has 0 aromatic heterocycles. The van der Waals surface area contributed by atoms with E-state index >= 15 is 0 Å². The van der Waals surface area contributed by atoms with E-state index in [2.05, 4.69) is 20.8 Å². The number of benzene rings is 1. The lowest BCUT2D eigenvalue weighted by atomic mass is 9.87. The average Bonchev–Trinajstić information content (AvgIpc) is 2.08. The topological polar surface area (TPSA) is 9.23 Å². The Labute approximate surface area is 97.6 Å². The van der Waals surface area contributed by atoms with Crippen LogP contribution in [0, 0.1) is 11.2 Å². The molecule has 0 amide bonds. The van der Waals surface area contributed by atoms with Gasteiger partial charge in [0.1, 0.15) is 11.6 Å². The molecular formula is C14H21FO. The van der Waals surface area contributed by atoms with Gasteiger partial charge in [-0.15, -0.1) is 0 Å². The first-order valence-corrected chi connectivity index (χ1v) is 5.73. The Kier molecular flexibility index (Phi) is 3.95. The van der Waals surface area contributed by atoms with Crippen LogP contribution in [0.1, 0.15) is 40.2 Å². The third-order valence-electron chi connectivity index (χ3n) is 2.15. The van der Waals surface area contributed by atoms with Gasteiger partial charge in [-0.1, -0.05) is 26.8 Å². The normalized spacial score (nSPS) is 11.9. The van der Waals surface area contributed by atoms with E-state index in [0.717, 1.165) is 0 Å². The lowest BCUT2D eigenvalue weighted by molar-refractivity contribution is 0.235. The fourth-order valence-electron chi connectivity index (χ4n) is 1.61. The first-order valence-electron chi connectivity index (χ1n) is 5.73. The van der Waals surface area contributed by atoms with E-state index in [0.29, 0.717) is 17.7 Å². The van der Waals surface area contributed by atoms with Gasteiger partial charge in [-0.2, -0.15) is 0 Å². The molecule has 0 aliphatic rings. The summed E-state index contributed by atoms with van der Waals surface area (Å²) in [7, 11) is 0. The van der Waals surface area contributed by atoms with Gasteiger partial charge < -0.3 is 4.74 Å². The van der Waals surface area contributed by atoms with Crippen molar-refractivity contribution >= 4 is 0 Å². The Morgan fingerprint density at radius 1 is 1.25 bits per heavy atom. The first-order chi connectivity index (χ1) is 7.29. The molecule has 0 atom stereocenters. The van der Waals surface area contributed by atoms with Crippen LogP contribution in [0.4, 0.5) is 4.39 Å². The molecule has 0 unspecified atom stereocenters.